The maximum Gasteiger partial charge on any atom is 0.418 e. The van der Waals surface area contributed by atoms with Crippen molar-refractivity contribution in [1.29, 1.82) is 0 Å². The zero-order valence-corrected chi connectivity index (χ0v) is 54.4. The molecule has 14 aromatic rings. The first-order chi connectivity index (χ1) is 49.7. The first kappa shape index (κ1) is 62.2. The zero-order chi connectivity index (χ0) is 69.2. The maximum absolute atomic E-state index is 17.2. The third-order valence-corrected chi connectivity index (χ3v) is 20.8. The van der Waals surface area contributed by atoms with Crippen LogP contribution in [0.25, 0.3) is 22.3 Å². The molecule has 18 rings (SSSR count). The number of hydrogen-bond acceptors (Lipinski definition) is 6. The van der Waals surface area contributed by atoms with Crippen LogP contribution in [0.1, 0.15) is 5.56 Å². The molecule has 4 heterocycles. The average Bonchev–Trinajstić information content (AvgIpc) is 0.687. The van der Waals surface area contributed by atoms with Gasteiger partial charge in [0.1, 0.15) is 52.0 Å². The van der Waals surface area contributed by atoms with Crippen LogP contribution >= 0.6 is 11.8 Å². The fourth-order valence-corrected chi connectivity index (χ4v) is 16.7. The van der Waals surface area contributed by atoms with E-state index in [2.05, 4.69) is 17.0 Å². The van der Waals surface area contributed by atoms with Crippen LogP contribution in [-0.2, 0) is 6.18 Å². The van der Waals surface area contributed by atoms with Crippen LogP contribution in [0.4, 0.5) is 125 Å². The summed E-state index contributed by atoms with van der Waals surface area (Å²) < 4.78 is 151. The second kappa shape index (κ2) is 24.4. The van der Waals surface area contributed by atoms with Gasteiger partial charge >= 0.3 is 6.18 Å². The Kier molecular flexibility index (Phi) is 14.9. The molecule has 0 fully saturated rings. The van der Waals surface area contributed by atoms with Gasteiger partial charge in [-0.1, -0.05) is 193 Å². The highest BCUT2D eigenvalue weighted by molar-refractivity contribution is 8.00. The van der Waals surface area contributed by atoms with Crippen LogP contribution in [0, 0.1) is 34.9 Å². The largest absolute Gasteiger partial charge is 0.418 e. The van der Waals surface area contributed by atoms with Gasteiger partial charge in [-0.3, -0.25) is 0 Å². The summed E-state index contributed by atoms with van der Waals surface area (Å²) in [6.45, 7) is -1.65. The molecule has 490 valence electrons. The van der Waals surface area contributed by atoms with E-state index in [1.54, 1.807) is 65.6 Å². The van der Waals surface area contributed by atoms with Gasteiger partial charge in [0, 0.05) is 66.7 Å². The van der Waals surface area contributed by atoms with Gasteiger partial charge in [-0.25, -0.2) is 26.3 Å². The van der Waals surface area contributed by atoms with Gasteiger partial charge in [0.25, 0.3) is 6.71 Å². The van der Waals surface area contributed by atoms with Crippen molar-refractivity contribution in [2.75, 3.05) is 24.5 Å². The molecule has 5 nitrogen and oxygen atoms in total. The summed E-state index contributed by atoms with van der Waals surface area (Å²) in [5.41, 5.74) is 8.71. The molecular formula is C85H50B2F9N5S. The highest BCUT2D eigenvalue weighted by Crippen LogP contribution is 2.54. The summed E-state index contributed by atoms with van der Waals surface area (Å²) in [6.07, 6.45) is -4.98. The summed E-state index contributed by atoms with van der Waals surface area (Å²) in [6, 6.07) is 86.0. The maximum atomic E-state index is 17.2. The molecule has 4 aliphatic rings. The molecule has 0 unspecified atom stereocenters. The van der Waals surface area contributed by atoms with Crippen molar-refractivity contribution in [1.82, 2.24) is 0 Å². The molecule has 0 N–H and O–H groups in total. The fraction of sp³-hybridized carbons (Fsp3) is 0.0118. The van der Waals surface area contributed by atoms with E-state index in [1.165, 1.54) is 75.0 Å². The van der Waals surface area contributed by atoms with Crippen LogP contribution in [0.5, 0.6) is 0 Å². The van der Waals surface area contributed by atoms with Crippen LogP contribution < -0.4 is 57.3 Å². The number of benzene rings is 14. The number of rotatable bonds is 11. The second-order valence-electron chi connectivity index (χ2n) is 25.4. The van der Waals surface area contributed by atoms with Gasteiger partial charge < -0.3 is 24.5 Å². The van der Waals surface area contributed by atoms with E-state index in [0.29, 0.717) is 71.0 Å². The molecule has 0 spiro atoms. The molecule has 0 aromatic heterocycles. The average molecular weight is 1370 g/mol. The Hall–Kier alpha value is -12.1. The second-order valence-corrected chi connectivity index (χ2v) is 26.5. The molecule has 14 aromatic carbocycles. The number of halogens is 9. The molecule has 0 saturated carbocycles. The van der Waals surface area contributed by atoms with Gasteiger partial charge in [0.05, 0.1) is 16.9 Å². The number of para-hydroxylation sites is 7. The summed E-state index contributed by atoms with van der Waals surface area (Å²) in [7, 11) is 0. The Morgan fingerprint density at radius 3 is 1.28 bits per heavy atom. The van der Waals surface area contributed by atoms with Gasteiger partial charge in [0.2, 0.25) is 6.71 Å². The molecule has 102 heavy (non-hydrogen) atoms. The summed E-state index contributed by atoms with van der Waals surface area (Å²) in [4.78, 5) is 9.28. The molecular weight excluding hydrogens is 1320 g/mol. The number of fused-ring (bicyclic) bond motifs is 8. The van der Waals surface area contributed by atoms with Gasteiger partial charge in [-0.15, -0.1) is 0 Å². The zero-order valence-electron chi connectivity index (χ0n) is 53.6. The van der Waals surface area contributed by atoms with Crippen LogP contribution in [0.15, 0.2) is 313 Å². The normalized spacial score (nSPS) is 13.0. The highest BCUT2D eigenvalue weighted by Gasteiger charge is 2.50. The third kappa shape index (κ3) is 10.1. The minimum atomic E-state index is -4.98. The van der Waals surface area contributed by atoms with Gasteiger partial charge in [0.15, 0.2) is 0 Å². The molecule has 0 saturated heterocycles. The fourth-order valence-electron chi connectivity index (χ4n) is 15.4. The minimum Gasteiger partial charge on any atom is -0.311 e. The Balaban J connectivity index is 0.933. The predicted molar refractivity (Wildman–Crippen MR) is 395 cm³/mol. The summed E-state index contributed by atoms with van der Waals surface area (Å²) in [5.74, 6) is -5.50. The smallest absolute Gasteiger partial charge is 0.311 e. The summed E-state index contributed by atoms with van der Waals surface area (Å²) >= 11 is 1.36. The van der Waals surface area contributed by atoms with Crippen molar-refractivity contribution in [3.8, 4) is 22.3 Å². The van der Waals surface area contributed by atoms with Crippen molar-refractivity contribution in [3.05, 3.63) is 344 Å². The van der Waals surface area contributed by atoms with E-state index in [0.717, 1.165) is 64.0 Å². The van der Waals surface area contributed by atoms with E-state index in [1.807, 2.05) is 152 Å². The van der Waals surface area contributed by atoms with Crippen LogP contribution in [-0.4, -0.2) is 13.4 Å². The van der Waals surface area contributed by atoms with Crippen molar-refractivity contribution in [2.45, 2.75) is 16.0 Å². The van der Waals surface area contributed by atoms with E-state index in [-0.39, 0.29) is 34.1 Å². The lowest BCUT2D eigenvalue weighted by Gasteiger charge is -2.46. The molecule has 17 heteroatoms. The number of alkyl halides is 3. The molecule has 0 radical (unpaired) electrons. The van der Waals surface area contributed by atoms with Crippen LogP contribution in [0.3, 0.4) is 0 Å². The lowest BCUT2D eigenvalue weighted by Crippen LogP contribution is -2.64. The van der Waals surface area contributed by atoms with E-state index >= 15 is 39.5 Å². The predicted octanol–water partition coefficient (Wildman–Crippen LogP) is 20.7. The van der Waals surface area contributed by atoms with E-state index in [4.69, 9.17) is 0 Å². The quantitative estimate of drug-likeness (QED) is 0.0941. The monoisotopic (exact) mass is 1370 g/mol. The van der Waals surface area contributed by atoms with Crippen LogP contribution in [0.2, 0.25) is 0 Å². The SMILES string of the molecule is Fc1cccc(F)c1N(c1ccccc1)c1cc2c3c(c1)N(c1c(F)cccc1F)c1ccccc1B3c1cc3c(cc1N2c1ccccc1C(F)(F)F)Sc1cc(N(c2ccc(-c4ccccc4)cc2)c2cccc(-c4ccccc4)c2)cc2c1B3c1ccccc1N2c1c(F)cccc1F. The topological polar surface area (TPSA) is 16.2 Å². The number of hydrogen-bond donors (Lipinski definition) is 0. The van der Waals surface area contributed by atoms with Gasteiger partial charge in [-0.05, 0) is 177 Å². The Morgan fingerprint density at radius 2 is 0.706 bits per heavy atom. The molecule has 0 amide bonds. The summed E-state index contributed by atoms with van der Waals surface area (Å²) in [5, 5.41) is 0. The highest BCUT2D eigenvalue weighted by atomic mass is 32.2. The molecule has 0 aliphatic carbocycles. The van der Waals surface area contributed by atoms with Gasteiger partial charge in [-0.2, -0.15) is 13.2 Å². The van der Waals surface area contributed by atoms with Crippen molar-refractivity contribution in [3.63, 3.8) is 0 Å². The molecule has 0 atom stereocenters. The Morgan fingerprint density at radius 1 is 0.275 bits per heavy atom. The minimum absolute atomic E-state index is 0.0290. The van der Waals surface area contributed by atoms with Crippen molar-refractivity contribution in [2.24, 2.45) is 0 Å². The lowest BCUT2D eigenvalue weighted by molar-refractivity contribution is -0.137. The number of anilines is 15. The third-order valence-electron chi connectivity index (χ3n) is 19.7. The molecule has 0 bridgehead atoms. The van der Waals surface area contributed by atoms with Crippen molar-refractivity contribution >= 4 is 143 Å². The Bertz CT molecular complexity index is 5650. The molecule has 4 aliphatic heterocycles. The lowest BCUT2D eigenvalue weighted by atomic mass is 9.31. The Labute approximate surface area is 586 Å². The van der Waals surface area contributed by atoms with E-state index < -0.39 is 71.4 Å². The first-order valence-corrected chi connectivity index (χ1v) is 33.8. The van der Waals surface area contributed by atoms with E-state index in [9.17, 15) is 0 Å². The standard InChI is InChI=1S/C85H50B2F9N5S/c88-65-31-17-32-66(89)82(65)98(55-25-8-3-9-26-55)58-45-75-80-76(46-58)100(83-67(90)33-18-34-68(83)91)72-38-14-11-29-61(72)86(80)63-49-64-78(50-74(63)99(75)71-37-13-10-28-60(71)85(94,95)96)102-79-48-59(47-77-81(79)87(64)62-30-12-15-39-73(62)101(77)84-69(92)35-19-36-70(84)93)97(56-42-40-53(41-43-56)51-20-4-1-5-21-51)57-27-16-24-54(44-57)52-22-6-2-7-23-52/h1-50H. The van der Waals surface area contributed by atoms with Crippen molar-refractivity contribution < 1.29 is 39.5 Å². The number of nitrogens with zero attached hydrogens (tertiary/aromatic N) is 5. The first-order valence-electron chi connectivity index (χ1n) is 33.0.